The maximum atomic E-state index is 11.5. The highest BCUT2D eigenvalue weighted by Crippen LogP contribution is 2.07. The molecule has 0 bridgehead atoms. The number of carbonyl (C=O) groups excluding carboxylic acids is 1. The molecule has 0 aliphatic heterocycles. The average Bonchev–Trinajstić information content (AvgIpc) is 2.14. The predicted octanol–water partition coefficient (Wildman–Crippen LogP) is 2.15. The second kappa shape index (κ2) is 4.91. The maximum absolute atomic E-state index is 11.5. The zero-order valence-corrected chi connectivity index (χ0v) is 9.47. The lowest BCUT2D eigenvalue weighted by Crippen LogP contribution is -2.24. The van der Waals surface area contributed by atoms with Crippen LogP contribution in [0, 0.1) is 0 Å². The number of nitrogens with zero attached hydrogens (tertiary/aromatic N) is 1. The summed E-state index contributed by atoms with van der Waals surface area (Å²) >= 11 is 3.20. The van der Waals surface area contributed by atoms with Crippen molar-refractivity contribution >= 4 is 21.8 Å². The van der Waals surface area contributed by atoms with Gasteiger partial charge < -0.3 is 5.32 Å². The number of aromatic nitrogens is 1. The van der Waals surface area contributed by atoms with Crippen LogP contribution in [0.15, 0.2) is 35.1 Å². The van der Waals surface area contributed by atoms with Gasteiger partial charge in [0.05, 0.1) is 0 Å². The Morgan fingerprint density at radius 3 is 3.00 bits per heavy atom. The average molecular weight is 255 g/mol. The number of hydrogen-bond acceptors (Lipinski definition) is 2. The fourth-order valence-corrected chi connectivity index (χ4v) is 1.24. The summed E-state index contributed by atoms with van der Waals surface area (Å²) in [7, 11) is 0. The second-order valence-electron chi connectivity index (χ2n) is 3.01. The molecule has 0 aliphatic rings. The van der Waals surface area contributed by atoms with Crippen LogP contribution in [0.4, 0.5) is 0 Å². The normalized spacial score (nSPS) is 9.57. The molecule has 0 fully saturated rings. The van der Waals surface area contributed by atoms with E-state index in [9.17, 15) is 4.79 Å². The minimum absolute atomic E-state index is 0.115. The predicted molar refractivity (Wildman–Crippen MR) is 59.1 cm³/mol. The summed E-state index contributed by atoms with van der Waals surface area (Å²) in [4.78, 5) is 15.4. The van der Waals surface area contributed by atoms with Crippen molar-refractivity contribution in [3.8, 4) is 0 Å². The van der Waals surface area contributed by atoms with Gasteiger partial charge >= 0.3 is 0 Å². The third-order valence-corrected chi connectivity index (χ3v) is 1.97. The number of hydrogen-bond donors (Lipinski definition) is 1. The van der Waals surface area contributed by atoms with E-state index in [0.29, 0.717) is 16.7 Å². The van der Waals surface area contributed by atoms with E-state index in [2.05, 4.69) is 32.8 Å². The number of carbonyl (C=O) groups is 1. The van der Waals surface area contributed by atoms with Gasteiger partial charge in [-0.05, 0) is 35.0 Å². The summed E-state index contributed by atoms with van der Waals surface area (Å²) in [5, 5.41) is 2.74. The van der Waals surface area contributed by atoms with Crippen molar-refractivity contribution in [1.82, 2.24) is 10.3 Å². The third-order valence-electron chi connectivity index (χ3n) is 1.54. The maximum Gasteiger partial charge on any atom is 0.251 e. The molecule has 1 aromatic heterocycles. The van der Waals surface area contributed by atoms with Crippen molar-refractivity contribution in [3.63, 3.8) is 0 Å². The Hall–Kier alpha value is -1.16. The summed E-state index contributed by atoms with van der Waals surface area (Å²) in [5.41, 5.74) is 1.51. The first-order valence-corrected chi connectivity index (χ1v) is 4.93. The fourth-order valence-electron chi connectivity index (χ4n) is 0.877. The summed E-state index contributed by atoms with van der Waals surface area (Å²) in [5.74, 6) is -0.115. The molecule has 1 rings (SSSR count). The third kappa shape index (κ3) is 3.30. The molecular weight excluding hydrogens is 244 g/mol. The first-order valence-electron chi connectivity index (χ1n) is 4.13. The molecule has 0 atom stereocenters. The molecule has 3 nitrogen and oxygen atoms in total. The molecule has 0 saturated carbocycles. The Kier molecular flexibility index (Phi) is 3.83. The van der Waals surface area contributed by atoms with E-state index in [4.69, 9.17) is 0 Å². The van der Waals surface area contributed by atoms with Crippen molar-refractivity contribution in [2.24, 2.45) is 0 Å². The van der Waals surface area contributed by atoms with Crippen molar-refractivity contribution < 1.29 is 4.79 Å². The van der Waals surface area contributed by atoms with Crippen LogP contribution in [0.2, 0.25) is 0 Å². The molecule has 0 unspecified atom stereocenters. The van der Waals surface area contributed by atoms with Crippen molar-refractivity contribution in [2.75, 3.05) is 6.54 Å². The summed E-state index contributed by atoms with van der Waals surface area (Å²) in [6.45, 7) is 6.06. The second-order valence-corrected chi connectivity index (χ2v) is 3.82. The van der Waals surface area contributed by atoms with Gasteiger partial charge in [0.15, 0.2) is 0 Å². The largest absolute Gasteiger partial charge is 0.348 e. The molecule has 0 radical (unpaired) electrons. The number of nitrogens with one attached hydrogen (secondary N) is 1. The van der Waals surface area contributed by atoms with Crippen LogP contribution >= 0.6 is 15.9 Å². The van der Waals surface area contributed by atoms with Gasteiger partial charge in [-0.2, -0.15) is 0 Å². The van der Waals surface area contributed by atoms with Gasteiger partial charge in [-0.1, -0.05) is 12.2 Å². The first-order chi connectivity index (χ1) is 6.59. The molecule has 1 aromatic rings. The Morgan fingerprint density at radius 2 is 2.43 bits per heavy atom. The number of halogens is 1. The zero-order valence-electron chi connectivity index (χ0n) is 7.88. The topological polar surface area (TPSA) is 42.0 Å². The SMILES string of the molecule is C=C(C)CNC(=O)c1ccnc(Br)c1. The molecule has 1 N–H and O–H groups in total. The van der Waals surface area contributed by atoms with E-state index in [1.54, 1.807) is 18.3 Å². The standard InChI is InChI=1S/C10H11BrN2O/c1-7(2)6-13-10(14)8-3-4-12-9(11)5-8/h3-5H,1,6H2,2H3,(H,13,14). The highest BCUT2D eigenvalue weighted by atomic mass is 79.9. The van der Waals surface area contributed by atoms with Crippen LogP contribution in [0.3, 0.4) is 0 Å². The van der Waals surface area contributed by atoms with Crippen LogP contribution < -0.4 is 5.32 Å². The first kappa shape index (κ1) is 10.9. The minimum Gasteiger partial charge on any atom is -0.348 e. The molecule has 1 heterocycles. The van der Waals surface area contributed by atoms with Crippen LogP contribution in [0.5, 0.6) is 0 Å². The number of amides is 1. The summed E-state index contributed by atoms with van der Waals surface area (Å²) < 4.78 is 0.653. The number of rotatable bonds is 3. The molecule has 74 valence electrons. The van der Waals surface area contributed by atoms with Gasteiger partial charge in [-0.25, -0.2) is 4.98 Å². The highest BCUT2D eigenvalue weighted by Gasteiger charge is 2.04. The number of pyridine rings is 1. The molecule has 0 aromatic carbocycles. The van der Waals surface area contributed by atoms with E-state index in [0.717, 1.165) is 5.57 Å². The lowest BCUT2D eigenvalue weighted by atomic mass is 10.2. The van der Waals surface area contributed by atoms with Crippen LogP contribution in [-0.2, 0) is 0 Å². The van der Waals surface area contributed by atoms with E-state index >= 15 is 0 Å². The van der Waals surface area contributed by atoms with Gasteiger partial charge in [0.25, 0.3) is 5.91 Å². The van der Waals surface area contributed by atoms with Gasteiger partial charge in [0.1, 0.15) is 4.60 Å². The van der Waals surface area contributed by atoms with E-state index in [1.165, 1.54) is 0 Å². The summed E-state index contributed by atoms with van der Waals surface area (Å²) in [6.07, 6.45) is 1.58. The van der Waals surface area contributed by atoms with Crippen molar-refractivity contribution in [2.45, 2.75) is 6.92 Å². The van der Waals surface area contributed by atoms with Crippen LogP contribution in [0.1, 0.15) is 17.3 Å². The van der Waals surface area contributed by atoms with Crippen molar-refractivity contribution in [1.29, 1.82) is 0 Å². The van der Waals surface area contributed by atoms with E-state index in [1.807, 2.05) is 6.92 Å². The molecule has 0 aliphatic carbocycles. The Bertz CT molecular complexity index is 363. The smallest absolute Gasteiger partial charge is 0.251 e. The molecule has 0 spiro atoms. The summed E-state index contributed by atoms with van der Waals surface area (Å²) in [6, 6.07) is 3.34. The van der Waals surface area contributed by atoms with Gasteiger partial charge in [0.2, 0.25) is 0 Å². The van der Waals surface area contributed by atoms with Gasteiger partial charge in [-0.3, -0.25) is 4.79 Å². The molecule has 1 amide bonds. The lowest BCUT2D eigenvalue weighted by molar-refractivity contribution is 0.0957. The molecular formula is C10H11BrN2O. The Balaban J connectivity index is 2.65. The lowest BCUT2D eigenvalue weighted by Gasteiger charge is -2.04. The van der Waals surface area contributed by atoms with Crippen molar-refractivity contribution in [3.05, 3.63) is 40.6 Å². The van der Waals surface area contributed by atoms with E-state index < -0.39 is 0 Å². The Labute approximate surface area is 91.4 Å². The van der Waals surface area contributed by atoms with Crippen LogP contribution in [0.25, 0.3) is 0 Å². The zero-order chi connectivity index (χ0) is 10.6. The Morgan fingerprint density at radius 1 is 1.71 bits per heavy atom. The highest BCUT2D eigenvalue weighted by molar-refractivity contribution is 9.10. The van der Waals surface area contributed by atoms with Crippen LogP contribution in [-0.4, -0.2) is 17.4 Å². The molecule has 4 heteroatoms. The van der Waals surface area contributed by atoms with E-state index in [-0.39, 0.29) is 5.91 Å². The molecule has 14 heavy (non-hydrogen) atoms. The fraction of sp³-hybridized carbons (Fsp3) is 0.200. The monoisotopic (exact) mass is 254 g/mol. The van der Waals surface area contributed by atoms with Gasteiger partial charge in [0, 0.05) is 18.3 Å². The van der Waals surface area contributed by atoms with Gasteiger partial charge in [-0.15, -0.1) is 0 Å². The minimum atomic E-state index is -0.115. The molecule has 0 saturated heterocycles. The quantitative estimate of drug-likeness (QED) is 0.664.